The number of aryl methyl sites for hydroxylation is 1. The van der Waals surface area contributed by atoms with Crippen LogP contribution in [0.2, 0.25) is 10.0 Å². The van der Waals surface area contributed by atoms with Crippen molar-refractivity contribution < 1.29 is 14.3 Å². The van der Waals surface area contributed by atoms with Gasteiger partial charge >= 0.3 is 0 Å². The van der Waals surface area contributed by atoms with Gasteiger partial charge in [-0.05, 0) is 36.8 Å². The van der Waals surface area contributed by atoms with Gasteiger partial charge in [0.05, 0.1) is 10.0 Å². The van der Waals surface area contributed by atoms with Gasteiger partial charge in [0.15, 0.2) is 6.61 Å². The summed E-state index contributed by atoms with van der Waals surface area (Å²) in [5, 5.41) is 6.21. The van der Waals surface area contributed by atoms with E-state index in [4.69, 9.17) is 27.9 Å². The van der Waals surface area contributed by atoms with Crippen molar-refractivity contribution >= 4 is 56.6 Å². The van der Waals surface area contributed by atoms with E-state index >= 15 is 0 Å². The van der Waals surface area contributed by atoms with Gasteiger partial charge in [0.25, 0.3) is 5.91 Å². The first-order valence-electron chi connectivity index (χ1n) is 7.75. The molecule has 0 aliphatic rings. The highest BCUT2D eigenvalue weighted by Crippen LogP contribution is 2.26. The molecule has 0 unspecified atom stereocenters. The van der Waals surface area contributed by atoms with Crippen LogP contribution in [0, 0.1) is 6.92 Å². The first-order chi connectivity index (χ1) is 12.3. The Morgan fingerprint density at radius 2 is 1.85 bits per heavy atom. The zero-order chi connectivity index (χ0) is 19.1. The molecule has 0 aliphatic carbocycles. The number of carbonyl (C=O) groups excluding carboxylic acids is 2. The van der Waals surface area contributed by atoms with Crippen LogP contribution < -0.4 is 15.4 Å². The van der Waals surface area contributed by atoms with Crippen molar-refractivity contribution in [3.8, 4) is 5.75 Å². The number of anilines is 1. The molecule has 0 aliphatic heterocycles. The lowest BCUT2D eigenvalue weighted by atomic mass is 10.2. The molecule has 0 bridgehead atoms. The van der Waals surface area contributed by atoms with Gasteiger partial charge in [0, 0.05) is 29.2 Å². The topological polar surface area (TPSA) is 67.4 Å². The molecule has 5 nitrogen and oxygen atoms in total. The minimum absolute atomic E-state index is 0.157. The van der Waals surface area contributed by atoms with Crippen molar-refractivity contribution in [3.63, 3.8) is 0 Å². The van der Waals surface area contributed by atoms with Crippen LogP contribution in [0.3, 0.4) is 0 Å². The Kier molecular flexibility index (Phi) is 7.75. The van der Waals surface area contributed by atoms with Crippen LogP contribution in [0.25, 0.3) is 0 Å². The highest BCUT2D eigenvalue weighted by atomic mass is 79.9. The minimum atomic E-state index is -0.331. The smallest absolute Gasteiger partial charge is 0.257 e. The lowest BCUT2D eigenvalue weighted by Gasteiger charge is -2.10. The number of rotatable bonds is 7. The van der Waals surface area contributed by atoms with E-state index in [1.54, 1.807) is 12.1 Å². The van der Waals surface area contributed by atoms with Gasteiger partial charge in [-0.2, -0.15) is 0 Å². The SMILES string of the molecule is Cc1ccc(Br)cc1NC(=O)CCNC(=O)COc1ccc(Cl)c(Cl)c1. The summed E-state index contributed by atoms with van der Waals surface area (Å²) in [4.78, 5) is 23.7. The number of hydrogen-bond donors (Lipinski definition) is 2. The van der Waals surface area contributed by atoms with E-state index in [9.17, 15) is 9.59 Å². The third kappa shape index (κ3) is 6.52. The number of carbonyl (C=O) groups is 2. The fourth-order valence-electron chi connectivity index (χ4n) is 2.02. The Balaban J connectivity index is 1.71. The number of benzene rings is 2. The molecule has 2 amide bonds. The largest absolute Gasteiger partial charge is 0.484 e. The van der Waals surface area contributed by atoms with Crippen LogP contribution >= 0.6 is 39.1 Å². The van der Waals surface area contributed by atoms with E-state index < -0.39 is 0 Å². The summed E-state index contributed by atoms with van der Waals surface area (Å²) >= 11 is 15.1. The molecule has 0 atom stereocenters. The standard InChI is InChI=1S/C18H17BrCl2N2O3/c1-11-2-3-12(19)8-16(11)23-17(24)6-7-22-18(25)10-26-13-4-5-14(20)15(21)9-13/h2-5,8-9H,6-7,10H2,1H3,(H,22,25)(H,23,24). The molecular weight excluding hydrogens is 443 g/mol. The molecule has 138 valence electrons. The predicted molar refractivity (Wildman–Crippen MR) is 107 cm³/mol. The first kappa shape index (κ1) is 20.6. The molecular formula is C18H17BrCl2N2O3. The number of halogens is 3. The van der Waals surface area contributed by atoms with E-state index in [0.717, 1.165) is 15.7 Å². The average molecular weight is 460 g/mol. The summed E-state index contributed by atoms with van der Waals surface area (Å²) < 4.78 is 6.21. The van der Waals surface area contributed by atoms with Gasteiger partial charge in [-0.15, -0.1) is 0 Å². The van der Waals surface area contributed by atoms with Crippen LogP contribution in [0.15, 0.2) is 40.9 Å². The molecule has 0 spiro atoms. The van der Waals surface area contributed by atoms with E-state index in [1.165, 1.54) is 6.07 Å². The molecule has 0 fully saturated rings. The van der Waals surface area contributed by atoms with E-state index in [-0.39, 0.29) is 31.4 Å². The van der Waals surface area contributed by atoms with Crippen molar-refractivity contribution in [1.82, 2.24) is 5.32 Å². The molecule has 0 saturated heterocycles. The Labute approximate surface area is 170 Å². The molecule has 0 saturated carbocycles. The number of ether oxygens (including phenoxy) is 1. The second kappa shape index (κ2) is 9.80. The summed E-state index contributed by atoms with van der Waals surface area (Å²) in [5.41, 5.74) is 1.69. The van der Waals surface area contributed by atoms with Gasteiger partial charge < -0.3 is 15.4 Å². The van der Waals surface area contributed by atoms with Crippen LogP contribution in [-0.2, 0) is 9.59 Å². The molecule has 2 aromatic rings. The molecule has 2 rings (SSSR count). The van der Waals surface area contributed by atoms with Crippen LogP contribution in [0.5, 0.6) is 5.75 Å². The summed E-state index contributed by atoms with van der Waals surface area (Å²) in [5.74, 6) is -0.0724. The van der Waals surface area contributed by atoms with Crippen LogP contribution in [-0.4, -0.2) is 25.0 Å². The van der Waals surface area contributed by atoms with Crippen LogP contribution in [0.4, 0.5) is 5.69 Å². The molecule has 0 heterocycles. The first-order valence-corrected chi connectivity index (χ1v) is 9.30. The average Bonchev–Trinajstić information content (AvgIpc) is 2.59. The summed E-state index contributed by atoms with van der Waals surface area (Å²) in [6, 6.07) is 10.4. The maximum absolute atomic E-state index is 12.0. The van der Waals surface area contributed by atoms with Gasteiger partial charge in [-0.3, -0.25) is 9.59 Å². The van der Waals surface area contributed by atoms with Crippen molar-refractivity contribution in [1.29, 1.82) is 0 Å². The molecule has 26 heavy (non-hydrogen) atoms. The predicted octanol–water partition coefficient (Wildman–Crippen LogP) is 4.59. The molecule has 2 aromatic carbocycles. The van der Waals surface area contributed by atoms with Crippen molar-refractivity contribution in [3.05, 3.63) is 56.5 Å². The lowest BCUT2D eigenvalue weighted by Crippen LogP contribution is -2.31. The lowest BCUT2D eigenvalue weighted by molar-refractivity contribution is -0.123. The monoisotopic (exact) mass is 458 g/mol. The zero-order valence-electron chi connectivity index (χ0n) is 13.9. The second-order valence-electron chi connectivity index (χ2n) is 5.47. The number of amides is 2. The van der Waals surface area contributed by atoms with Crippen molar-refractivity contribution in [2.45, 2.75) is 13.3 Å². The van der Waals surface area contributed by atoms with Gasteiger partial charge in [0.1, 0.15) is 5.75 Å². The van der Waals surface area contributed by atoms with Gasteiger partial charge in [0.2, 0.25) is 5.91 Å². The fourth-order valence-corrected chi connectivity index (χ4v) is 2.67. The second-order valence-corrected chi connectivity index (χ2v) is 7.20. The summed E-state index contributed by atoms with van der Waals surface area (Å²) in [6.07, 6.45) is 0.157. The van der Waals surface area contributed by atoms with E-state index in [1.807, 2.05) is 25.1 Å². The number of hydrogen-bond acceptors (Lipinski definition) is 3. The van der Waals surface area contributed by atoms with Crippen molar-refractivity contribution in [2.24, 2.45) is 0 Å². The van der Waals surface area contributed by atoms with Gasteiger partial charge in [-0.25, -0.2) is 0 Å². The summed E-state index contributed by atoms with van der Waals surface area (Å²) in [6.45, 7) is 1.94. The minimum Gasteiger partial charge on any atom is -0.484 e. The Morgan fingerprint density at radius 1 is 1.08 bits per heavy atom. The Bertz CT molecular complexity index is 815. The van der Waals surface area contributed by atoms with Crippen LogP contribution in [0.1, 0.15) is 12.0 Å². The molecule has 8 heteroatoms. The van der Waals surface area contributed by atoms with E-state index in [2.05, 4.69) is 26.6 Å². The maximum atomic E-state index is 12.0. The van der Waals surface area contributed by atoms with Crippen molar-refractivity contribution in [2.75, 3.05) is 18.5 Å². The normalized spacial score (nSPS) is 10.3. The van der Waals surface area contributed by atoms with E-state index in [0.29, 0.717) is 15.8 Å². The quantitative estimate of drug-likeness (QED) is 0.636. The third-order valence-electron chi connectivity index (χ3n) is 3.41. The molecule has 0 aromatic heterocycles. The highest BCUT2D eigenvalue weighted by Gasteiger charge is 2.08. The Morgan fingerprint density at radius 3 is 2.58 bits per heavy atom. The maximum Gasteiger partial charge on any atom is 0.257 e. The molecule has 2 N–H and O–H groups in total. The summed E-state index contributed by atoms with van der Waals surface area (Å²) in [7, 11) is 0. The fraction of sp³-hybridized carbons (Fsp3) is 0.222. The Hall–Kier alpha value is -1.76. The number of nitrogens with one attached hydrogen (secondary N) is 2. The third-order valence-corrected chi connectivity index (χ3v) is 4.64. The highest BCUT2D eigenvalue weighted by molar-refractivity contribution is 9.10. The molecule has 0 radical (unpaired) electrons. The zero-order valence-corrected chi connectivity index (χ0v) is 17.0. The van der Waals surface area contributed by atoms with Gasteiger partial charge in [-0.1, -0.05) is 45.2 Å².